The van der Waals surface area contributed by atoms with Crippen LogP contribution in [0.25, 0.3) is 11.0 Å². The van der Waals surface area contributed by atoms with Gasteiger partial charge in [0.2, 0.25) is 5.91 Å². The van der Waals surface area contributed by atoms with Gasteiger partial charge in [0.25, 0.3) is 0 Å². The summed E-state index contributed by atoms with van der Waals surface area (Å²) in [6.45, 7) is 7.77. The van der Waals surface area contributed by atoms with E-state index in [1.807, 2.05) is 32.0 Å². The van der Waals surface area contributed by atoms with Crippen molar-refractivity contribution in [2.45, 2.75) is 52.2 Å². The zero-order valence-electron chi connectivity index (χ0n) is 18.5. The molecular weight excluding hydrogens is 390 g/mol. The quantitative estimate of drug-likeness (QED) is 0.549. The molecule has 1 amide bonds. The van der Waals surface area contributed by atoms with Gasteiger partial charge in [-0.3, -0.25) is 4.79 Å². The largest absolute Gasteiger partial charge is 0.382 e. The number of imidazole rings is 1. The summed E-state index contributed by atoms with van der Waals surface area (Å²) >= 11 is 0. The molecule has 0 aliphatic heterocycles. The number of nitrogens with zero attached hydrogens (tertiary/aromatic N) is 3. The lowest BCUT2D eigenvalue weighted by Gasteiger charge is -2.19. The van der Waals surface area contributed by atoms with E-state index in [4.69, 9.17) is 15.5 Å². The van der Waals surface area contributed by atoms with Gasteiger partial charge in [-0.25, -0.2) is 9.97 Å². The number of aryl methyl sites for hydroxylation is 1. The van der Waals surface area contributed by atoms with Gasteiger partial charge in [0.05, 0.1) is 5.52 Å². The molecule has 7 nitrogen and oxygen atoms in total. The molecule has 2 heterocycles. The van der Waals surface area contributed by atoms with Crippen LogP contribution in [-0.4, -0.2) is 33.6 Å². The molecule has 4 rings (SSSR count). The zero-order valence-corrected chi connectivity index (χ0v) is 18.5. The lowest BCUT2D eigenvalue weighted by Crippen LogP contribution is -2.28. The Morgan fingerprint density at radius 3 is 2.87 bits per heavy atom. The molecule has 1 aromatic carbocycles. The molecule has 0 spiro atoms. The monoisotopic (exact) mass is 421 g/mol. The van der Waals surface area contributed by atoms with Crippen molar-refractivity contribution >= 4 is 22.8 Å². The van der Waals surface area contributed by atoms with Crippen LogP contribution in [0.15, 0.2) is 36.5 Å². The van der Waals surface area contributed by atoms with Crippen LogP contribution in [0.3, 0.4) is 0 Å². The first-order valence-corrected chi connectivity index (χ1v) is 11.0. The minimum absolute atomic E-state index is 0.0911. The Kier molecular flexibility index (Phi) is 6.23. The molecule has 1 aliphatic rings. The Balaban J connectivity index is 1.42. The van der Waals surface area contributed by atoms with Gasteiger partial charge in [-0.2, -0.15) is 0 Å². The molecule has 0 radical (unpaired) electrons. The summed E-state index contributed by atoms with van der Waals surface area (Å²) in [5.41, 5.74) is 10.1. The van der Waals surface area contributed by atoms with Crippen molar-refractivity contribution in [3.05, 3.63) is 53.5 Å². The number of benzene rings is 1. The molecule has 2 aromatic heterocycles. The van der Waals surface area contributed by atoms with Gasteiger partial charge in [0, 0.05) is 31.3 Å². The predicted octanol–water partition coefficient (Wildman–Crippen LogP) is 3.73. The number of pyridine rings is 1. The normalized spacial score (nSPS) is 18.8. The minimum Gasteiger partial charge on any atom is -0.382 e. The molecule has 3 atom stereocenters. The van der Waals surface area contributed by atoms with Crippen LogP contribution < -0.4 is 11.1 Å². The lowest BCUT2D eigenvalue weighted by atomic mass is 10.1. The Labute approximate surface area is 183 Å². The number of nitrogens with one attached hydrogen (secondary N) is 1. The molecule has 3 N–H and O–H groups in total. The van der Waals surface area contributed by atoms with E-state index in [0.717, 1.165) is 29.7 Å². The first-order chi connectivity index (χ1) is 15.0. The Morgan fingerprint density at radius 1 is 1.35 bits per heavy atom. The van der Waals surface area contributed by atoms with Crippen LogP contribution in [0.4, 0.5) is 5.82 Å². The minimum atomic E-state index is 0.0911. The van der Waals surface area contributed by atoms with Gasteiger partial charge in [0.1, 0.15) is 17.9 Å². The number of nitrogens with two attached hydrogens (primary N) is 1. The summed E-state index contributed by atoms with van der Waals surface area (Å²) in [5, 5.41) is 3.13. The lowest BCUT2D eigenvalue weighted by molar-refractivity contribution is -0.122. The topological polar surface area (TPSA) is 95.1 Å². The Bertz CT molecular complexity index is 1060. The average Bonchev–Trinajstić information content (AvgIpc) is 3.48. The van der Waals surface area contributed by atoms with Crippen molar-refractivity contribution in [1.29, 1.82) is 0 Å². The maximum atomic E-state index is 12.6. The van der Waals surface area contributed by atoms with Gasteiger partial charge in [-0.15, -0.1) is 0 Å². The van der Waals surface area contributed by atoms with Crippen molar-refractivity contribution < 1.29 is 9.53 Å². The van der Waals surface area contributed by atoms with Gasteiger partial charge in [-0.1, -0.05) is 30.3 Å². The Morgan fingerprint density at radius 2 is 2.13 bits per heavy atom. The number of hydrogen-bond donors (Lipinski definition) is 2. The molecule has 1 unspecified atom stereocenters. The van der Waals surface area contributed by atoms with Crippen molar-refractivity contribution in [3.8, 4) is 0 Å². The first kappa shape index (κ1) is 21.3. The smallest absolute Gasteiger partial charge is 0.223 e. The third-order valence-corrected chi connectivity index (χ3v) is 6.09. The highest BCUT2D eigenvalue weighted by Gasteiger charge is 2.43. The first-order valence-electron chi connectivity index (χ1n) is 11.0. The van der Waals surface area contributed by atoms with E-state index in [0.29, 0.717) is 37.0 Å². The second kappa shape index (κ2) is 9.06. The van der Waals surface area contributed by atoms with Gasteiger partial charge >= 0.3 is 0 Å². The summed E-state index contributed by atoms with van der Waals surface area (Å²) in [6, 6.07) is 10.4. The summed E-state index contributed by atoms with van der Waals surface area (Å²) < 4.78 is 7.83. The van der Waals surface area contributed by atoms with Gasteiger partial charge < -0.3 is 20.4 Å². The maximum Gasteiger partial charge on any atom is 0.223 e. The van der Waals surface area contributed by atoms with Crippen LogP contribution in [0.1, 0.15) is 55.6 Å². The molecule has 31 heavy (non-hydrogen) atoms. The van der Waals surface area contributed by atoms with Crippen molar-refractivity contribution in [1.82, 2.24) is 19.9 Å². The number of fused-ring (bicyclic) bond motifs is 1. The molecule has 1 aliphatic carbocycles. The fraction of sp³-hybridized carbons (Fsp3) is 0.458. The number of amides is 1. The second-order valence-electron chi connectivity index (χ2n) is 8.35. The van der Waals surface area contributed by atoms with E-state index in [2.05, 4.69) is 33.9 Å². The highest BCUT2D eigenvalue weighted by atomic mass is 16.5. The number of aromatic nitrogens is 3. The van der Waals surface area contributed by atoms with Crippen LogP contribution in [0.5, 0.6) is 0 Å². The van der Waals surface area contributed by atoms with Crippen LogP contribution in [-0.2, 0) is 16.1 Å². The summed E-state index contributed by atoms with van der Waals surface area (Å²) in [4.78, 5) is 21.6. The molecule has 3 aromatic rings. The number of carbonyl (C=O) groups excluding carboxylic acids is 1. The third kappa shape index (κ3) is 4.42. The summed E-state index contributed by atoms with van der Waals surface area (Å²) in [6.07, 6.45) is 3.51. The fourth-order valence-corrected chi connectivity index (χ4v) is 4.31. The standard InChI is InChI=1S/C24H31N5O2/c1-4-31-14-20-28-21-22(15(2)13-27-23(21)25)29(20)16(3)10-11-26-24(30)19-12-18(19)17-8-6-5-7-9-17/h5-9,13,16,18-19H,4,10-12,14H2,1-3H3,(H2,25,27)(H,26,30)/t16?,18-,19+/m0/s1. The number of nitrogen functional groups attached to an aromatic ring is 1. The van der Waals surface area contributed by atoms with Crippen molar-refractivity contribution in [2.24, 2.45) is 5.92 Å². The van der Waals surface area contributed by atoms with Crippen molar-refractivity contribution in [3.63, 3.8) is 0 Å². The molecule has 0 bridgehead atoms. The highest BCUT2D eigenvalue weighted by Crippen LogP contribution is 2.47. The SMILES string of the molecule is CCOCc1nc2c(N)ncc(C)c2n1C(C)CCNC(=O)[C@@H]1C[C@H]1c1ccccc1. The molecule has 164 valence electrons. The second-order valence-corrected chi connectivity index (χ2v) is 8.35. The number of ether oxygens (including phenoxy) is 1. The van der Waals surface area contributed by atoms with E-state index in [9.17, 15) is 4.79 Å². The predicted molar refractivity (Wildman–Crippen MR) is 122 cm³/mol. The number of hydrogen-bond acceptors (Lipinski definition) is 5. The Hall–Kier alpha value is -2.93. The molecule has 1 saturated carbocycles. The van der Waals surface area contributed by atoms with Gasteiger partial charge in [0.15, 0.2) is 5.82 Å². The van der Waals surface area contributed by atoms with E-state index in [1.165, 1.54) is 5.56 Å². The molecular formula is C24H31N5O2. The maximum absolute atomic E-state index is 12.6. The van der Waals surface area contributed by atoms with E-state index in [-0.39, 0.29) is 17.9 Å². The molecule has 0 saturated heterocycles. The molecule has 1 fully saturated rings. The number of carbonyl (C=O) groups is 1. The molecule has 7 heteroatoms. The third-order valence-electron chi connectivity index (χ3n) is 6.09. The van der Waals surface area contributed by atoms with Gasteiger partial charge in [-0.05, 0) is 50.7 Å². The van der Waals surface area contributed by atoms with Crippen LogP contribution >= 0.6 is 0 Å². The summed E-state index contributed by atoms with van der Waals surface area (Å²) in [5.74, 6) is 1.86. The van der Waals surface area contributed by atoms with Crippen molar-refractivity contribution in [2.75, 3.05) is 18.9 Å². The zero-order chi connectivity index (χ0) is 22.0. The van der Waals surface area contributed by atoms with Crippen LogP contribution in [0, 0.1) is 12.8 Å². The van der Waals surface area contributed by atoms with E-state index >= 15 is 0 Å². The fourth-order valence-electron chi connectivity index (χ4n) is 4.31. The van der Waals surface area contributed by atoms with Crippen LogP contribution in [0.2, 0.25) is 0 Å². The van der Waals surface area contributed by atoms with E-state index < -0.39 is 0 Å². The number of anilines is 1. The number of rotatable bonds is 9. The average molecular weight is 422 g/mol. The highest BCUT2D eigenvalue weighted by molar-refractivity contribution is 5.88. The summed E-state index contributed by atoms with van der Waals surface area (Å²) in [7, 11) is 0. The van der Waals surface area contributed by atoms with E-state index in [1.54, 1.807) is 6.20 Å².